The molecule has 0 saturated heterocycles. The van der Waals surface area contributed by atoms with Crippen molar-refractivity contribution in [3.63, 3.8) is 0 Å². The zero-order valence-corrected chi connectivity index (χ0v) is 22.6. The van der Waals surface area contributed by atoms with Gasteiger partial charge in [0, 0.05) is 45.2 Å². The first-order valence-corrected chi connectivity index (χ1v) is 14.2. The molecule has 0 unspecified atom stereocenters. The van der Waals surface area contributed by atoms with Gasteiger partial charge in [0.05, 0.1) is 27.8 Å². The highest BCUT2D eigenvalue weighted by molar-refractivity contribution is 6.18. The summed E-state index contributed by atoms with van der Waals surface area (Å²) in [4.78, 5) is 9.31. The maximum atomic E-state index is 5.13. The molecule has 4 heterocycles. The summed E-state index contributed by atoms with van der Waals surface area (Å²) in [6.45, 7) is 0. The number of nitrogens with zero attached hydrogens (tertiary/aromatic N) is 4. The van der Waals surface area contributed by atoms with Crippen LogP contribution in [-0.2, 0) is 0 Å². The van der Waals surface area contributed by atoms with Crippen molar-refractivity contribution < 1.29 is 0 Å². The fourth-order valence-electron chi connectivity index (χ4n) is 6.51. The van der Waals surface area contributed by atoms with Crippen LogP contribution < -0.4 is 0 Å². The van der Waals surface area contributed by atoms with Gasteiger partial charge in [0.1, 0.15) is 5.82 Å². The van der Waals surface area contributed by atoms with Crippen LogP contribution in [0.1, 0.15) is 0 Å². The lowest BCUT2D eigenvalue weighted by Gasteiger charge is -2.10. The molecule has 0 saturated carbocycles. The largest absolute Gasteiger partial charge is 0.309 e. The van der Waals surface area contributed by atoms with E-state index < -0.39 is 0 Å². The van der Waals surface area contributed by atoms with E-state index in [4.69, 9.17) is 4.98 Å². The molecule has 0 bridgehead atoms. The molecule has 0 radical (unpaired) electrons. The SMILES string of the molecule is c1ccc(-n2c3ccccc3c3cc4cc5c6ccccc6n(-c6cccc(-c7ccncc7)n6)c5cc4cc32)cc1. The summed E-state index contributed by atoms with van der Waals surface area (Å²) in [5.74, 6) is 0.898. The van der Waals surface area contributed by atoms with E-state index in [1.165, 1.54) is 43.4 Å². The number of benzene rings is 5. The second kappa shape index (κ2) is 8.88. The summed E-state index contributed by atoms with van der Waals surface area (Å²) in [6.07, 6.45) is 3.62. The topological polar surface area (TPSA) is 35.6 Å². The van der Waals surface area contributed by atoms with Gasteiger partial charge in [0.15, 0.2) is 0 Å². The van der Waals surface area contributed by atoms with E-state index in [1.807, 2.05) is 24.5 Å². The van der Waals surface area contributed by atoms with Crippen molar-refractivity contribution in [2.24, 2.45) is 0 Å². The van der Waals surface area contributed by atoms with Crippen LogP contribution >= 0.6 is 0 Å². The molecule has 9 rings (SSSR count). The van der Waals surface area contributed by atoms with E-state index in [9.17, 15) is 0 Å². The molecule has 0 aliphatic heterocycles. The molecule has 0 spiro atoms. The van der Waals surface area contributed by atoms with E-state index in [0.717, 1.165) is 33.8 Å². The van der Waals surface area contributed by atoms with Crippen molar-refractivity contribution in [3.05, 3.63) is 146 Å². The van der Waals surface area contributed by atoms with Gasteiger partial charge in [0.2, 0.25) is 0 Å². The smallest absolute Gasteiger partial charge is 0.138 e. The van der Waals surface area contributed by atoms with Crippen molar-refractivity contribution in [2.75, 3.05) is 0 Å². The maximum absolute atomic E-state index is 5.13. The lowest BCUT2D eigenvalue weighted by molar-refractivity contribution is 1.08. The molecule has 4 aromatic heterocycles. The van der Waals surface area contributed by atoms with Crippen LogP contribution in [-0.4, -0.2) is 19.1 Å². The minimum absolute atomic E-state index is 0.898. The van der Waals surface area contributed by atoms with Crippen molar-refractivity contribution in [3.8, 4) is 22.8 Å². The Morgan fingerprint density at radius 1 is 0.429 bits per heavy atom. The molecule has 0 fully saturated rings. The zero-order valence-electron chi connectivity index (χ0n) is 22.6. The van der Waals surface area contributed by atoms with Crippen molar-refractivity contribution in [2.45, 2.75) is 0 Å². The quantitative estimate of drug-likeness (QED) is 0.225. The number of rotatable bonds is 3. The molecule has 0 atom stereocenters. The van der Waals surface area contributed by atoms with Crippen LogP contribution in [0, 0.1) is 0 Å². The Bertz CT molecular complexity index is 2450. The molecular weight excluding hydrogens is 512 g/mol. The average Bonchev–Trinajstić information content (AvgIpc) is 3.55. The van der Waals surface area contributed by atoms with Gasteiger partial charge in [-0.1, -0.05) is 60.7 Å². The number of aromatic nitrogens is 4. The minimum Gasteiger partial charge on any atom is -0.309 e. The Morgan fingerprint density at radius 3 is 1.74 bits per heavy atom. The monoisotopic (exact) mass is 536 g/mol. The van der Waals surface area contributed by atoms with Gasteiger partial charge < -0.3 is 4.57 Å². The number of para-hydroxylation sites is 3. The number of hydrogen-bond donors (Lipinski definition) is 0. The van der Waals surface area contributed by atoms with E-state index >= 15 is 0 Å². The van der Waals surface area contributed by atoms with Gasteiger partial charge in [-0.05, 0) is 83.6 Å². The molecule has 5 aromatic carbocycles. The first-order valence-electron chi connectivity index (χ1n) is 14.2. The zero-order chi connectivity index (χ0) is 27.6. The van der Waals surface area contributed by atoms with E-state index in [2.05, 4.69) is 135 Å². The van der Waals surface area contributed by atoms with Crippen molar-refractivity contribution in [1.82, 2.24) is 19.1 Å². The Labute approximate surface area is 241 Å². The van der Waals surface area contributed by atoms with Crippen LogP contribution in [0.15, 0.2) is 146 Å². The predicted octanol–water partition coefficient (Wildman–Crippen LogP) is 9.49. The summed E-state index contributed by atoms with van der Waals surface area (Å²) >= 11 is 0. The third-order valence-corrected chi connectivity index (χ3v) is 8.38. The van der Waals surface area contributed by atoms with Crippen LogP contribution in [0.25, 0.3) is 77.1 Å². The van der Waals surface area contributed by atoms with Gasteiger partial charge in [-0.2, -0.15) is 0 Å². The lowest BCUT2D eigenvalue weighted by Crippen LogP contribution is -1.98. The molecule has 196 valence electrons. The fraction of sp³-hybridized carbons (Fsp3) is 0. The highest BCUT2D eigenvalue weighted by atomic mass is 15.1. The van der Waals surface area contributed by atoms with Gasteiger partial charge in [-0.15, -0.1) is 0 Å². The summed E-state index contributed by atoms with van der Waals surface area (Å²) in [5, 5.41) is 7.39. The van der Waals surface area contributed by atoms with Gasteiger partial charge in [-0.25, -0.2) is 4.98 Å². The van der Waals surface area contributed by atoms with Crippen molar-refractivity contribution >= 4 is 54.4 Å². The van der Waals surface area contributed by atoms with Crippen LogP contribution in [0.5, 0.6) is 0 Å². The van der Waals surface area contributed by atoms with E-state index in [1.54, 1.807) is 0 Å². The Morgan fingerprint density at radius 2 is 1.02 bits per heavy atom. The molecule has 4 heteroatoms. The van der Waals surface area contributed by atoms with Crippen LogP contribution in [0.2, 0.25) is 0 Å². The standard InChI is InChI=1S/C38H24N4/c1-2-9-28(10-3-1)41-34-14-6-4-11-29(34)31-21-26-22-32-30-12-5-7-15-35(30)42(37(32)24-27(26)23-36(31)41)38-16-8-13-33(40-38)25-17-19-39-20-18-25/h1-24H. The van der Waals surface area contributed by atoms with Gasteiger partial charge >= 0.3 is 0 Å². The third kappa shape index (κ3) is 3.36. The number of hydrogen-bond acceptors (Lipinski definition) is 2. The number of fused-ring (bicyclic) bond motifs is 7. The fourth-order valence-corrected chi connectivity index (χ4v) is 6.51. The molecule has 0 aliphatic carbocycles. The van der Waals surface area contributed by atoms with E-state index in [0.29, 0.717) is 0 Å². The van der Waals surface area contributed by atoms with Crippen LogP contribution in [0.4, 0.5) is 0 Å². The Balaban J connectivity index is 1.36. The van der Waals surface area contributed by atoms with Crippen molar-refractivity contribution in [1.29, 1.82) is 0 Å². The molecule has 0 N–H and O–H groups in total. The molecule has 4 nitrogen and oxygen atoms in total. The summed E-state index contributed by atoms with van der Waals surface area (Å²) in [6, 6.07) is 47.6. The first-order chi connectivity index (χ1) is 20.8. The lowest BCUT2D eigenvalue weighted by atomic mass is 10.0. The van der Waals surface area contributed by atoms with Gasteiger partial charge in [0.25, 0.3) is 0 Å². The van der Waals surface area contributed by atoms with Crippen LogP contribution in [0.3, 0.4) is 0 Å². The first kappa shape index (κ1) is 23.0. The summed E-state index contributed by atoms with van der Waals surface area (Å²) in [7, 11) is 0. The predicted molar refractivity (Wildman–Crippen MR) is 174 cm³/mol. The highest BCUT2D eigenvalue weighted by Gasteiger charge is 2.17. The minimum atomic E-state index is 0.898. The maximum Gasteiger partial charge on any atom is 0.138 e. The Kier molecular flexibility index (Phi) is 4.87. The third-order valence-electron chi connectivity index (χ3n) is 8.38. The average molecular weight is 537 g/mol. The van der Waals surface area contributed by atoms with Gasteiger partial charge in [-0.3, -0.25) is 9.55 Å². The summed E-state index contributed by atoms with van der Waals surface area (Å²) < 4.78 is 4.68. The molecule has 0 amide bonds. The highest BCUT2D eigenvalue weighted by Crippen LogP contribution is 2.39. The molecule has 42 heavy (non-hydrogen) atoms. The molecular formula is C38H24N4. The second-order valence-corrected chi connectivity index (χ2v) is 10.7. The Hall–Kier alpha value is -5.74. The molecule has 0 aliphatic rings. The normalized spacial score (nSPS) is 11.8. The summed E-state index contributed by atoms with van der Waals surface area (Å²) in [5.41, 5.74) is 7.84. The molecule has 9 aromatic rings. The number of pyridine rings is 2. The van der Waals surface area contributed by atoms with E-state index in [-0.39, 0.29) is 0 Å². The second-order valence-electron chi connectivity index (χ2n) is 10.7.